The van der Waals surface area contributed by atoms with E-state index in [1.165, 1.54) is 64.2 Å². The summed E-state index contributed by atoms with van der Waals surface area (Å²) in [4.78, 5) is 0. The van der Waals surface area contributed by atoms with Crippen molar-refractivity contribution in [3.05, 3.63) is 11.5 Å². The van der Waals surface area contributed by atoms with E-state index in [0.29, 0.717) is 0 Å². The number of unbranched alkanes of at least 4 members (excludes halogenated alkanes) is 9. The van der Waals surface area contributed by atoms with Crippen LogP contribution in [0.5, 0.6) is 0 Å². The summed E-state index contributed by atoms with van der Waals surface area (Å²) in [5, 5.41) is 1.85. The minimum Gasteiger partial charge on any atom is -0.152 e. The number of allylic oxidation sites excluding steroid dienone is 1. The fourth-order valence-electron chi connectivity index (χ4n) is 1.65. The Morgan fingerprint density at radius 3 is 1.79 bits per heavy atom. The first kappa shape index (κ1) is 14.1. The molecule has 0 spiro atoms. The van der Waals surface area contributed by atoms with E-state index in [1.54, 1.807) is 0 Å². The van der Waals surface area contributed by atoms with E-state index in [0.717, 1.165) is 0 Å². The number of hydrogen-bond acceptors (Lipinski definition) is 1. The highest BCUT2D eigenvalue weighted by molar-refractivity contribution is 7.83. The smallest absolute Gasteiger partial charge is 0.0343 e. The second-order valence-electron chi connectivity index (χ2n) is 4.00. The summed E-state index contributed by atoms with van der Waals surface area (Å²) in [5.41, 5.74) is 0. The first-order valence-electron chi connectivity index (χ1n) is 6.21. The molecule has 0 aromatic carbocycles. The average molecular weight is 214 g/mol. The minimum absolute atomic E-state index is 1.21. The topological polar surface area (TPSA) is 0 Å². The van der Waals surface area contributed by atoms with Crippen molar-refractivity contribution in [3.63, 3.8) is 0 Å². The van der Waals surface area contributed by atoms with Crippen LogP contribution in [0.15, 0.2) is 11.5 Å². The van der Waals surface area contributed by atoms with E-state index in [-0.39, 0.29) is 0 Å². The molecular formula is C13H26S. The number of hydrogen-bond donors (Lipinski definition) is 1. The predicted molar refractivity (Wildman–Crippen MR) is 70.0 cm³/mol. The predicted octanol–water partition coefficient (Wildman–Crippen LogP) is 5.35. The molecule has 0 fully saturated rings. The Morgan fingerprint density at radius 2 is 1.29 bits per heavy atom. The molecule has 0 bridgehead atoms. The van der Waals surface area contributed by atoms with Crippen LogP contribution in [0.4, 0.5) is 0 Å². The Morgan fingerprint density at radius 1 is 0.786 bits per heavy atom. The maximum atomic E-state index is 4.03. The first-order valence-corrected chi connectivity index (χ1v) is 6.72. The molecule has 0 nitrogen and oxygen atoms in total. The summed E-state index contributed by atoms with van der Waals surface area (Å²) in [6, 6.07) is 0. The third-order valence-electron chi connectivity index (χ3n) is 2.58. The third-order valence-corrected chi connectivity index (χ3v) is 2.79. The van der Waals surface area contributed by atoms with Crippen LogP contribution in [0.1, 0.15) is 71.1 Å². The highest BCUT2D eigenvalue weighted by Crippen LogP contribution is 2.10. The quantitative estimate of drug-likeness (QED) is 0.368. The summed E-state index contributed by atoms with van der Waals surface area (Å²) < 4.78 is 0. The third kappa shape index (κ3) is 12.1. The van der Waals surface area contributed by atoms with Gasteiger partial charge in [0.1, 0.15) is 0 Å². The molecule has 0 heterocycles. The molecule has 0 aliphatic rings. The lowest BCUT2D eigenvalue weighted by Crippen LogP contribution is -1.80. The molecule has 0 radical (unpaired) electrons. The second-order valence-corrected chi connectivity index (χ2v) is 4.30. The van der Waals surface area contributed by atoms with Crippen LogP contribution in [0.25, 0.3) is 0 Å². The van der Waals surface area contributed by atoms with E-state index in [9.17, 15) is 0 Å². The second kappa shape index (κ2) is 13.1. The van der Waals surface area contributed by atoms with Gasteiger partial charge in [0.15, 0.2) is 0 Å². The van der Waals surface area contributed by atoms with Crippen molar-refractivity contribution in [2.75, 3.05) is 0 Å². The molecule has 0 N–H and O–H groups in total. The molecule has 0 atom stereocenters. The number of thiol groups is 1. The zero-order valence-corrected chi connectivity index (χ0v) is 10.6. The van der Waals surface area contributed by atoms with Crippen molar-refractivity contribution in [1.29, 1.82) is 0 Å². The lowest BCUT2D eigenvalue weighted by molar-refractivity contribution is 0.566. The largest absolute Gasteiger partial charge is 0.152 e. The van der Waals surface area contributed by atoms with Gasteiger partial charge in [-0.05, 0) is 18.2 Å². The Hall–Kier alpha value is 0.0900. The van der Waals surface area contributed by atoms with E-state index in [4.69, 9.17) is 0 Å². The molecule has 0 aliphatic carbocycles. The molecule has 0 rings (SSSR count). The zero-order chi connectivity index (χ0) is 10.5. The summed E-state index contributed by atoms with van der Waals surface area (Å²) in [5.74, 6) is 0. The fourth-order valence-corrected chi connectivity index (χ4v) is 1.80. The van der Waals surface area contributed by atoms with Gasteiger partial charge in [-0.25, -0.2) is 0 Å². The van der Waals surface area contributed by atoms with Gasteiger partial charge in [0.25, 0.3) is 0 Å². The molecule has 0 aromatic heterocycles. The average Bonchev–Trinajstić information content (AvgIpc) is 2.21. The summed E-state index contributed by atoms with van der Waals surface area (Å²) in [6.45, 7) is 2.27. The van der Waals surface area contributed by atoms with Crippen LogP contribution in [0, 0.1) is 0 Å². The molecule has 0 aliphatic heterocycles. The van der Waals surface area contributed by atoms with Gasteiger partial charge >= 0.3 is 0 Å². The highest BCUT2D eigenvalue weighted by Gasteiger charge is 1.90. The van der Waals surface area contributed by atoms with Crippen molar-refractivity contribution in [2.45, 2.75) is 71.1 Å². The first-order chi connectivity index (χ1) is 6.91. The minimum atomic E-state index is 1.21. The Labute approximate surface area is 95.6 Å². The summed E-state index contributed by atoms with van der Waals surface area (Å²) in [6.07, 6.45) is 16.1. The van der Waals surface area contributed by atoms with Crippen LogP contribution in [-0.2, 0) is 0 Å². The van der Waals surface area contributed by atoms with E-state index in [1.807, 2.05) is 5.41 Å². The number of rotatable bonds is 10. The maximum absolute atomic E-state index is 4.03. The molecular weight excluding hydrogens is 188 g/mol. The highest BCUT2D eigenvalue weighted by atomic mass is 32.1. The molecule has 0 aromatic rings. The van der Waals surface area contributed by atoms with Gasteiger partial charge in [-0.15, -0.1) is 0 Å². The van der Waals surface area contributed by atoms with Crippen LogP contribution in [0.2, 0.25) is 0 Å². The van der Waals surface area contributed by atoms with E-state index < -0.39 is 0 Å². The molecule has 1 heteroatoms. The van der Waals surface area contributed by atoms with Crippen LogP contribution in [0.3, 0.4) is 0 Å². The maximum Gasteiger partial charge on any atom is -0.0343 e. The van der Waals surface area contributed by atoms with Gasteiger partial charge in [-0.1, -0.05) is 64.4 Å². The van der Waals surface area contributed by atoms with Crippen molar-refractivity contribution in [2.24, 2.45) is 0 Å². The van der Waals surface area contributed by atoms with E-state index >= 15 is 0 Å². The van der Waals surface area contributed by atoms with E-state index in [2.05, 4.69) is 25.6 Å². The molecule has 0 saturated heterocycles. The lowest BCUT2D eigenvalue weighted by atomic mass is 10.1. The Kier molecular flexibility index (Phi) is 13.2. The zero-order valence-electron chi connectivity index (χ0n) is 9.67. The van der Waals surface area contributed by atoms with Crippen LogP contribution >= 0.6 is 12.6 Å². The van der Waals surface area contributed by atoms with Gasteiger partial charge in [-0.3, -0.25) is 0 Å². The standard InChI is InChI=1S/C13H26S/c1-2-3-4-5-6-7-8-9-10-11-12-13-14/h12-14H,2-11H2,1H3/b13-12+. The lowest BCUT2D eigenvalue weighted by Gasteiger charge is -2.00. The summed E-state index contributed by atoms with van der Waals surface area (Å²) in [7, 11) is 0. The normalized spacial score (nSPS) is 11.3. The Balaban J connectivity index is 2.85. The van der Waals surface area contributed by atoms with Crippen LogP contribution < -0.4 is 0 Å². The monoisotopic (exact) mass is 214 g/mol. The van der Waals surface area contributed by atoms with Crippen molar-refractivity contribution in [3.8, 4) is 0 Å². The van der Waals surface area contributed by atoms with Gasteiger partial charge < -0.3 is 0 Å². The van der Waals surface area contributed by atoms with Gasteiger partial charge in [0.05, 0.1) is 0 Å². The molecule has 0 amide bonds. The SMILES string of the molecule is CCCCCCCCCCC/C=C/S. The molecule has 0 unspecified atom stereocenters. The van der Waals surface area contributed by atoms with Crippen molar-refractivity contribution < 1.29 is 0 Å². The van der Waals surface area contributed by atoms with Gasteiger partial charge in [0.2, 0.25) is 0 Å². The Bertz CT molecular complexity index is 118. The fraction of sp³-hybridized carbons (Fsp3) is 0.846. The van der Waals surface area contributed by atoms with Gasteiger partial charge in [-0.2, -0.15) is 12.6 Å². The molecule has 84 valence electrons. The molecule has 0 saturated carbocycles. The van der Waals surface area contributed by atoms with Crippen LogP contribution in [-0.4, -0.2) is 0 Å². The summed E-state index contributed by atoms with van der Waals surface area (Å²) >= 11 is 4.03. The molecule has 14 heavy (non-hydrogen) atoms. The van der Waals surface area contributed by atoms with Gasteiger partial charge in [0, 0.05) is 0 Å². The van der Waals surface area contributed by atoms with Crippen molar-refractivity contribution >= 4 is 12.6 Å². The van der Waals surface area contributed by atoms with Crippen molar-refractivity contribution in [1.82, 2.24) is 0 Å².